The van der Waals surface area contributed by atoms with Crippen molar-refractivity contribution in [1.82, 2.24) is 4.57 Å². The molecule has 0 atom stereocenters. The summed E-state index contributed by atoms with van der Waals surface area (Å²) < 4.78 is 9.58. The minimum atomic E-state index is 0.799. The maximum absolute atomic E-state index is 7.10. The first-order valence-electron chi connectivity index (χ1n) is 25.3. The summed E-state index contributed by atoms with van der Waals surface area (Å²) in [6, 6.07) is 98.9. The van der Waals surface area contributed by atoms with Crippen LogP contribution in [0.1, 0.15) is 0 Å². The zero-order chi connectivity index (χ0) is 48.7. The van der Waals surface area contributed by atoms with Crippen molar-refractivity contribution in [1.29, 1.82) is 0 Å². The number of hydrogen-bond acceptors (Lipinski definition) is 3. The number of anilines is 6. The lowest BCUT2D eigenvalue weighted by Crippen LogP contribution is -2.16. The third kappa shape index (κ3) is 6.84. The van der Waals surface area contributed by atoms with Crippen LogP contribution in [0.3, 0.4) is 0 Å². The summed E-state index contributed by atoms with van der Waals surface area (Å²) in [7, 11) is 0. The normalized spacial score (nSPS) is 12.1. The van der Waals surface area contributed by atoms with Crippen molar-refractivity contribution in [2.24, 2.45) is 0 Å². The highest BCUT2D eigenvalue weighted by Gasteiger charge is 2.28. The van der Waals surface area contributed by atoms with Gasteiger partial charge in [-0.05, 0) is 152 Å². The van der Waals surface area contributed by atoms with E-state index in [9.17, 15) is 0 Å². The molecule has 0 amide bonds. The van der Waals surface area contributed by atoms with E-state index in [1.807, 2.05) is 0 Å². The molecule has 2 heterocycles. The molecule has 15 rings (SSSR count). The molecule has 4 nitrogen and oxygen atoms in total. The number of benzene rings is 13. The Morgan fingerprint density at radius 1 is 0.284 bits per heavy atom. The first-order valence-corrected chi connectivity index (χ1v) is 25.3. The fourth-order valence-electron chi connectivity index (χ4n) is 11.5. The van der Waals surface area contributed by atoms with E-state index in [2.05, 4.69) is 287 Å². The van der Waals surface area contributed by atoms with Gasteiger partial charge in [-0.2, -0.15) is 0 Å². The van der Waals surface area contributed by atoms with Gasteiger partial charge in [-0.1, -0.05) is 176 Å². The quantitative estimate of drug-likeness (QED) is 0.159. The van der Waals surface area contributed by atoms with Crippen molar-refractivity contribution in [3.05, 3.63) is 273 Å². The molecule has 74 heavy (non-hydrogen) atoms. The number of nitrogens with zero attached hydrogens (tertiary/aromatic N) is 3. The highest BCUT2D eigenvalue weighted by atomic mass is 16.5. The predicted molar refractivity (Wildman–Crippen MR) is 311 cm³/mol. The lowest BCUT2D eigenvalue weighted by molar-refractivity contribution is 0.478. The number of rotatable bonds is 7. The first-order chi connectivity index (χ1) is 36.7. The van der Waals surface area contributed by atoms with Gasteiger partial charge in [-0.3, -0.25) is 0 Å². The monoisotopic (exact) mass is 943 g/mol. The molecule has 1 aliphatic rings. The number of aromatic nitrogens is 1. The van der Waals surface area contributed by atoms with E-state index in [4.69, 9.17) is 4.74 Å². The summed E-state index contributed by atoms with van der Waals surface area (Å²) in [5, 5.41) is 12.0. The van der Waals surface area contributed by atoms with Gasteiger partial charge in [0.1, 0.15) is 0 Å². The molecule has 0 bridgehead atoms. The van der Waals surface area contributed by atoms with Crippen LogP contribution in [0.4, 0.5) is 34.1 Å². The second-order valence-corrected chi connectivity index (χ2v) is 19.3. The molecule has 0 aliphatic carbocycles. The van der Waals surface area contributed by atoms with Gasteiger partial charge in [0.2, 0.25) is 0 Å². The van der Waals surface area contributed by atoms with E-state index < -0.39 is 0 Å². The van der Waals surface area contributed by atoms with Crippen LogP contribution >= 0.6 is 0 Å². The molecule has 14 aromatic rings. The second kappa shape index (κ2) is 16.9. The minimum absolute atomic E-state index is 0.799. The highest BCUT2D eigenvalue weighted by molar-refractivity contribution is 6.20. The van der Waals surface area contributed by atoms with Gasteiger partial charge in [0.15, 0.2) is 11.5 Å². The molecule has 0 N–H and O–H groups in total. The van der Waals surface area contributed by atoms with Gasteiger partial charge in [0, 0.05) is 44.3 Å². The Morgan fingerprint density at radius 2 is 0.865 bits per heavy atom. The van der Waals surface area contributed by atoms with E-state index in [1.54, 1.807) is 0 Å². The van der Waals surface area contributed by atoms with E-state index in [-0.39, 0.29) is 0 Å². The molecule has 0 spiro atoms. The third-order valence-corrected chi connectivity index (χ3v) is 15.1. The molecule has 13 aromatic carbocycles. The Kier molecular flexibility index (Phi) is 9.54. The lowest BCUT2D eigenvalue weighted by Gasteiger charge is -2.34. The largest absolute Gasteiger partial charge is 0.453 e. The molecule has 4 heteroatoms. The zero-order valence-corrected chi connectivity index (χ0v) is 40.2. The summed E-state index contributed by atoms with van der Waals surface area (Å²) in [5.74, 6) is 1.60. The summed E-state index contributed by atoms with van der Waals surface area (Å²) in [6.07, 6.45) is 0. The van der Waals surface area contributed by atoms with Gasteiger partial charge in [-0.15, -0.1) is 0 Å². The van der Waals surface area contributed by atoms with Gasteiger partial charge >= 0.3 is 0 Å². The standard InChI is InChI=1S/C70H45N3O/c1-3-19-56(20-4-1)71(57-21-5-2-6-22-57)59-36-30-54-45-69-67(43-55(54)41-59)72(58-34-28-47(29-35-58)51-27-26-46-14-7-8-17-50(46)40-51)66-39-33-53(44-68(66)74-69)52-32-38-65-63(42-52)62-37-31-49-16-10-12-24-61(49)70(62)73(65)64-25-13-18-48-15-9-11-23-60(48)64/h1-45H. The zero-order valence-electron chi connectivity index (χ0n) is 40.2. The van der Waals surface area contributed by atoms with Crippen LogP contribution in [-0.2, 0) is 0 Å². The average Bonchev–Trinajstić information content (AvgIpc) is 3.80. The van der Waals surface area contributed by atoms with Crippen molar-refractivity contribution >= 4 is 99.0 Å². The van der Waals surface area contributed by atoms with Gasteiger partial charge in [0.05, 0.1) is 28.1 Å². The number of ether oxygens (including phenoxy) is 1. The van der Waals surface area contributed by atoms with E-state index >= 15 is 0 Å². The second-order valence-electron chi connectivity index (χ2n) is 19.3. The van der Waals surface area contributed by atoms with Crippen molar-refractivity contribution in [3.63, 3.8) is 0 Å². The maximum Gasteiger partial charge on any atom is 0.152 e. The third-order valence-electron chi connectivity index (χ3n) is 15.1. The Hall–Kier alpha value is -9.90. The van der Waals surface area contributed by atoms with Gasteiger partial charge in [0.25, 0.3) is 0 Å². The number of para-hydroxylation sites is 2. The highest BCUT2D eigenvalue weighted by Crippen LogP contribution is 2.53. The Balaban J connectivity index is 0.878. The van der Waals surface area contributed by atoms with E-state index in [0.29, 0.717) is 0 Å². The fourth-order valence-corrected chi connectivity index (χ4v) is 11.5. The van der Waals surface area contributed by atoms with Crippen LogP contribution in [0.25, 0.3) is 92.8 Å². The number of fused-ring (bicyclic) bond motifs is 10. The average molecular weight is 944 g/mol. The lowest BCUT2D eigenvalue weighted by atomic mass is 9.99. The van der Waals surface area contributed by atoms with Crippen LogP contribution in [0.5, 0.6) is 11.5 Å². The smallest absolute Gasteiger partial charge is 0.152 e. The molecule has 0 unspecified atom stereocenters. The van der Waals surface area contributed by atoms with Crippen molar-refractivity contribution in [2.45, 2.75) is 0 Å². The Labute approximate surface area is 428 Å². The number of hydrogen-bond donors (Lipinski definition) is 0. The van der Waals surface area contributed by atoms with Crippen LogP contribution < -0.4 is 14.5 Å². The predicted octanol–water partition coefficient (Wildman–Crippen LogP) is 19.8. The molecule has 1 aliphatic heterocycles. The molecule has 0 saturated carbocycles. The first kappa shape index (κ1) is 41.8. The van der Waals surface area contributed by atoms with Crippen molar-refractivity contribution < 1.29 is 4.74 Å². The molecule has 0 radical (unpaired) electrons. The molecule has 0 saturated heterocycles. The molecular weight excluding hydrogens is 899 g/mol. The van der Waals surface area contributed by atoms with Crippen molar-refractivity contribution in [3.8, 4) is 39.4 Å². The summed E-state index contributed by atoms with van der Waals surface area (Å²) >= 11 is 0. The van der Waals surface area contributed by atoms with Crippen LogP contribution in [0, 0.1) is 0 Å². The topological polar surface area (TPSA) is 20.6 Å². The Bertz CT molecular complexity index is 4480. The van der Waals surface area contributed by atoms with E-state index in [0.717, 1.165) is 67.5 Å². The summed E-state index contributed by atoms with van der Waals surface area (Å²) in [5.41, 5.74) is 14.4. The fraction of sp³-hybridized carbons (Fsp3) is 0. The van der Waals surface area contributed by atoms with Crippen LogP contribution in [0.2, 0.25) is 0 Å². The molecule has 0 fully saturated rings. The molecular formula is C70H45N3O. The van der Waals surface area contributed by atoms with Crippen LogP contribution in [-0.4, -0.2) is 4.57 Å². The minimum Gasteiger partial charge on any atom is -0.453 e. The van der Waals surface area contributed by atoms with Crippen molar-refractivity contribution in [2.75, 3.05) is 9.80 Å². The van der Waals surface area contributed by atoms with E-state index in [1.165, 1.54) is 70.9 Å². The van der Waals surface area contributed by atoms with Crippen LogP contribution in [0.15, 0.2) is 273 Å². The summed E-state index contributed by atoms with van der Waals surface area (Å²) in [4.78, 5) is 4.68. The SMILES string of the molecule is c1ccc(N(c2ccccc2)c2ccc3cc4c(cc3c2)N(c2ccc(-c3ccc5ccccc5c3)cc2)c2ccc(-c3ccc5c(c3)c3ccc6ccccc6c3n5-c3cccc5ccccc35)cc2O4)cc1. The summed E-state index contributed by atoms with van der Waals surface area (Å²) in [6.45, 7) is 0. The maximum atomic E-state index is 7.10. The Morgan fingerprint density at radius 3 is 1.66 bits per heavy atom. The molecule has 346 valence electrons. The van der Waals surface area contributed by atoms with Gasteiger partial charge < -0.3 is 19.1 Å². The molecule has 1 aromatic heterocycles. The van der Waals surface area contributed by atoms with Gasteiger partial charge in [-0.25, -0.2) is 0 Å².